The van der Waals surface area contributed by atoms with Crippen LogP contribution in [0.5, 0.6) is 0 Å². The van der Waals surface area contributed by atoms with E-state index in [9.17, 15) is 9.59 Å². The second-order valence-corrected chi connectivity index (χ2v) is 13.1. The van der Waals surface area contributed by atoms with Gasteiger partial charge in [0.2, 0.25) is 5.91 Å². The van der Waals surface area contributed by atoms with E-state index in [1.54, 1.807) is 15.6 Å². The molecule has 2 aliphatic rings. The molecule has 1 amide bonds. The number of carboxylic acids is 1. The molecule has 1 saturated heterocycles. The van der Waals surface area contributed by atoms with Crippen molar-refractivity contribution in [1.29, 1.82) is 0 Å². The fourth-order valence-electron chi connectivity index (χ4n) is 7.41. The number of fused-ring (bicyclic) bond motifs is 2. The van der Waals surface area contributed by atoms with E-state index in [2.05, 4.69) is 25.6 Å². The summed E-state index contributed by atoms with van der Waals surface area (Å²) in [6.07, 6.45) is 11.8. The predicted molar refractivity (Wildman–Crippen MR) is 174 cm³/mol. The van der Waals surface area contributed by atoms with Crippen LogP contribution in [0.25, 0.3) is 32.9 Å². The number of hydrogen-bond donors (Lipinski definition) is 2. The number of halogens is 1. The summed E-state index contributed by atoms with van der Waals surface area (Å²) in [5.74, 6) is -0.659. The van der Waals surface area contributed by atoms with Gasteiger partial charge in [-0.05, 0) is 68.5 Å². The Morgan fingerprint density at radius 2 is 1.83 bits per heavy atom. The molecule has 0 radical (unpaired) electrons. The van der Waals surface area contributed by atoms with Gasteiger partial charge in [-0.25, -0.2) is 9.07 Å². The van der Waals surface area contributed by atoms with Crippen LogP contribution in [-0.4, -0.2) is 76.1 Å². The zero-order valence-corrected chi connectivity index (χ0v) is 26.6. The number of benzene rings is 2. The molecule has 1 aliphatic heterocycles. The molecule has 12 nitrogen and oxygen atoms in total. The average molecular weight is 642 g/mol. The second-order valence-electron chi connectivity index (χ2n) is 13.1. The molecular formula is C34H40FN9O3. The molecule has 13 heteroatoms. The highest BCUT2D eigenvalue weighted by molar-refractivity contribution is 5.99. The summed E-state index contributed by atoms with van der Waals surface area (Å²) in [6, 6.07) is 9.16. The number of likely N-dealkylation sites (tertiary alicyclic amines) is 1. The molecule has 7 rings (SSSR count). The van der Waals surface area contributed by atoms with E-state index < -0.39 is 5.97 Å². The summed E-state index contributed by atoms with van der Waals surface area (Å²) in [7, 11) is 1.85. The normalized spacial score (nSPS) is 16.7. The van der Waals surface area contributed by atoms with Gasteiger partial charge in [-0.2, -0.15) is 10.2 Å². The van der Waals surface area contributed by atoms with Crippen molar-refractivity contribution >= 4 is 33.7 Å². The SMILES string of the molecule is Cn1ncc2cc(F)c(-c3cccc4c3c(C3CCN(CC5CCCCC5)CC3)nn4CC(=O)NCc3cn(CC(=O)O)nn3)cc21. The van der Waals surface area contributed by atoms with Crippen LogP contribution in [0.3, 0.4) is 0 Å². The molecule has 0 bridgehead atoms. The zero-order chi connectivity index (χ0) is 32.5. The minimum Gasteiger partial charge on any atom is -0.480 e. The maximum Gasteiger partial charge on any atom is 0.325 e. The maximum atomic E-state index is 15.8. The standard InChI is InChI=1S/C34H40FN9O3/c1-41-30-15-27(28(35)14-24(30)16-37-41)26-8-5-9-29-33(26)34(23-10-12-42(13-11-23)18-22-6-3-2-4-7-22)39-44(29)20-31(45)36-17-25-19-43(40-38-25)21-32(46)47/h5,8-9,14-16,19,22-23H,2-4,6-7,10-13,17-18,20-21H2,1H3,(H,36,45)(H,46,47). The van der Waals surface area contributed by atoms with Crippen molar-refractivity contribution in [2.75, 3.05) is 19.6 Å². The van der Waals surface area contributed by atoms with Crippen LogP contribution in [0.15, 0.2) is 42.7 Å². The van der Waals surface area contributed by atoms with E-state index in [0.717, 1.165) is 71.5 Å². The van der Waals surface area contributed by atoms with Gasteiger partial charge >= 0.3 is 5.97 Å². The number of carbonyl (C=O) groups excluding carboxylic acids is 1. The van der Waals surface area contributed by atoms with E-state index in [4.69, 9.17) is 10.2 Å². The number of carbonyl (C=O) groups is 2. The van der Waals surface area contributed by atoms with Crippen LogP contribution < -0.4 is 5.32 Å². The lowest BCUT2D eigenvalue weighted by Crippen LogP contribution is -2.37. The van der Waals surface area contributed by atoms with E-state index in [0.29, 0.717) is 11.3 Å². The number of piperidine rings is 1. The summed E-state index contributed by atoms with van der Waals surface area (Å²) < 4.78 is 20.4. The van der Waals surface area contributed by atoms with Crippen LogP contribution in [0.1, 0.15) is 62.3 Å². The number of aromatic nitrogens is 7. The minimum absolute atomic E-state index is 0.0347. The van der Waals surface area contributed by atoms with Crippen molar-refractivity contribution in [3.63, 3.8) is 0 Å². The number of hydrogen-bond acceptors (Lipinski definition) is 7. The monoisotopic (exact) mass is 641 g/mol. The van der Waals surface area contributed by atoms with Gasteiger partial charge in [-0.3, -0.25) is 19.0 Å². The van der Waals surface area contributed by atoms with Crippen molar-refractivity contribution in [3.05, 3.63) is 59.9 Å². The topological polar surface area (TPSA) is 136 Å². The first-order chi connectivity index (χ1) is 22.8. The average Bonchev–Trinajstić information content (AvgIpc) is 3.77. The largest absolute Gasteiger partial charge is 0.480 e. The molecule has 1 aliphatic carbocycles. The molecule has 2 fully saturated rings. The number of carboxylic acid groups (broad SMARTS) is 1. The first-order valence-corrected chi connectivity index (χ1v) is 16.5. The molecule has 47 heavy (non-hydrogen) atoms. The van der Waals surface area contributed by atoms with Crippen LogP contribution in [0.4, 0.5) is 4.39 Å². The van der Waals surface area contributed by atoms with Crippen molar-refractivity contribution in [1.82, 2.24) is 44.8 Å². The van der Waals surface area contributed by atoms with Gasteiger partial charge in [-0.1, -0.05) is 36.6 Å². The Balaban J connectivity index is 1.18. The fraction of sp³-hybridized carbons (Fsp3) is 0.471. The second kappa shape index (κ2) is 13.2. The lowest BCUT2D eigenvalue weighted by molar-refractivity contribution is -0.138. The van der Waals surface area contributed by atoms with Crippen molar-refractivity contribution in [2.24, 2.45) is 13.0 Å². The zero-order valence-electron chi connectivity index (χ0n) is 26.6. The molecule has 0 unspecified atom stereocenters. The minimum atomic E-state index is -1.03. The Bertz CT molecular complexity index is 1910. The van der Waals surface area contributed by atoms with E-state index in [-0.39, 0.29) is 37.3 Å². The summed E-state index contributed by atoms with van der Waals surface area (Å²) >= 11 is 0. The van der Waals surface area contributed by atoms with Crippen molar-refractivity contribution in [3.8, 4) is 11.1 Å². The summed E-state index contributed by atoms with van der Waals surface area (Å²) in [5, 5.41) is 30.6. The van der Waals surface area contributed by atoms with Crippen LogP contribution in [0, 0.1) is 11.7 Å². The van der Waals surface area contributed by atoms with Gasteiger partial charge in [0.25, 0.3) is 0 Å². The van der Waals surface area contributed by atoms with E-state index in [1.807, 2.05) is 31.3 Å². The number of rotatable bonds is 10. The van der Waals surface area contributed by atoms with Crippen LogP contribution in [-0.2, 0) is 36.3 Å². The van der Waals surface area contributed by atoms with Gasteiger partial charge in [0, 0.05) is 35.8 Å². The third-order valence-electron chi connectivity index (χ3n) is 9.79. The Hall–Kier alpha value is -4.65. The summed E-state index contributed by atoms with van der Waals surface area (Å²) in [4.78, 5) is 26.8. The number of nitrogens with zero attached hydrogens (tertiary/aromatic N) is 8. The highest BCUT2D eigenvalue weighted by Crippen LogP contribution is 2.40. The molecule has 5 aromatic rings. The third-order valence-corrected chi connectivity index (χ3v) is 9.79. The first-order valence-electron chi connectivity index (χ1n) is 16.5. The molecule has 1 saturated carbocycles. The Kier molecular flexibility index (Phi) is 8.72. The highest BCUT2D eigenvalue weighted by Gasteiger charge is 2.29. The fourth-order valence-corrected chi connectivity index (χ4v) is 7.41. The van der Waals surface area contributed by atoms with Gasteiger partial charge in [0.15, 0.2) is 0 Å². The molecule has 0 spiro atoms. The molecular weight excluding hydrogens is 601 g/mol. The van der Waals surface area contributed by atoms with E-state index in [1.165, 1.54) is 49.0 Å². The molecule has 246 valence electrons. The third kappa shape index (κ3) is 6.62. The maximum absolute atomic E-state index is 15.8. The Labute approximate surface area is 271 Å². The van der Waals surface area contributed by atoms with Crippen LogP contribution in [0.2, 0.25) is 0 Å². The first kappa shape index (κ1) is 31.0. The van der Waals surface area contributed by atoms with Crippen LogP contribution >= 0.6 is 0 Å². The number of aliphatic carboxylic acids is 1. The quantitative estimate of drug-likeness (QED) is 0.228. The van der Waals surface area contributed by atoms with Gasteiger partial charge in [0.05, 0.1) is 35.7 Å². The van der Waals surface area contributed by atoms with Crippen molar-refractivity contribution < 1.29 is 19.1 Å². The number of aryl methyl sites for hydroxylation is 1. The molecule has 4 heterocycles. The Morgan fingerprint density at radius 3 is 2.62 bits per heavy atom. The molecule has 3 aromatic heterocycles. The van der Waals surface area contributed by atoms with Gasteiger partial charge in [-0.15, -0.1) is 5.10 Å². The predicted octanol–water partition coefficient (Wildman–Crippen LogP) is 4.48. The van der Waals surface area contributed by atoms with Crippen molar-refractivity contribution in [2.45, 2.75) is 70.5 Å². The molecule has 2 aromatic carbocycles. The van der Waals surface area contributed by atoms with Gasteiger partial charge in [0.1, 0.15) is 24.6 Å². The summed E-state index contributed by atoms with van der Waals surface area (Å²) in [5.41, 5.74) is 4.20. The van der Waals surface area contributed by atoms with Gasteiger partial charge < -0.3 is 15.3 Å². The summed E-state index contributed by atoms with van der Waals surface area (Å²) in [6.45, 7) is 2.91. The highest BCUT2D eigenvalue weighted by atomic mass is 19.1. The Morgan fingerprint density at radius 1 is 1.02 bits per heavy atom. The molecule has 2 N–H and O–H groups in total. The smallest absolute Gasteiger partial charge is 0.325 e. The molecule has 0 atom stereocenters. The van der Waals surface area contributed by atoms with E-state index >= 15 is 4.39 Å². The lowest BCUT2D eigenvalue weighted by atomic mass is 9.86. The number of nitrogens with one attached hydrogen (secondary N) is 1. The lowest BCUT2D eigenvalue weighted by Gasteiger charge is -2.35. The number of amides is 1.